The number of hydrogen-bond acceptors (Lipinski definition) is 2. The van der Waals surface area contributed by atoms with Crippen molar-refractivity contribution in [1.82, 2.24) is 5.32 Å². The minimum Gasteiger partial charge on any atom is -0.347 e. The maximum atomic E-state index is 3.94. The van der Waals surface area contributed by atoms with Crippen LogP contribution in [-0.2, 0) is 0 Å². The normalized spacial score (nSPS) is 14.8. The first-order valence-corrected chi connectivity index (χ1v) is 4.23. The van der Waals surface area contributed by atoms with Gasteiger partial charge in [-0.3, -0.25) is 4.99 Å². The van der Waals surface area contributed by atoms with Crippen molar-refractivity contribution in [2.24, 2.45) is 10.9 Å². The van der Waals surface area contributed by atoms with Gasteiger partial charge in [-0.25, -0.2) is 0 Å². The first kappa shape index (κ1) is 11.0. The van der Waals surface area contributed by atoms with E-state index in [0.29, 0.717) is 0 Å². The van der Waals surface area contributed by atoms with E-state index in [1.807, 2.05) is 12.2 Å². The molecule has 1 aliphatic heterocycles. The molecule has 0 aromatic carbocycles. The molecule has 0 aromatic heterocycles. The third-order valence-electron chi connectivity index (χ3n) is 0.871. The Labute approximate surface area is 75.1 Å². The van der Waals surface area contributed by atoms with Gasteiger partial charge in [0.2, 0.25) is 0 Å². The van der Waals surface area contributed by atoms with E-state index in [2.05, 4.69) is 37.7 Å². The van der Waals surface area contributed by atoms with E-state index >= 15 is 0 Å². The van der Waals surface area contributed by atoms with Crippen molar-refractivity contribution in [3.05, 3.63) is 24.4 Å². The summed E-state index contributed by atoms with van der Waals surface area (Å²) < 4.78 is 0. The molecule has 0 radical (unpaired) electrons. The topological polar surface area (TPSA) is 24.4 Å². The largest absolute Gasteiger partial charge is 0.347 e. The average molecular weight is 166 g/mol. The van der Waals surface area contributed by atoms with Crippen LogP contribution in [-0.4, -0.2) is 12.9 Å². The van der Waals surface area contributed by atoms with Crippen LogP contribution in [0.5, 0.6) is 0 Å². The van der Waals surface area contributed by atoms with Crippen LogP contribution in [0.1, 0.15) is 20.8 Å². The van der Waals surface area contributed by atoms with Gasteiger partial charge in [-0.15, -0.1) is 0 Å². The van der Waals surface area contributed by atoms with Crippen molar-refractivity contribution >= 4 is 6.34 Å². The van der Waals surface area contributed by atoms with Crippen molar-refractivity contribution in [3.63, 3.8) is 0 Å². The molecule has 1 rings (SSSR count). The maximum absolute atomic E-state index is 3.94. The van der Waals surface area contributed by atoms with E-state index in [1.54, 1.807) is 6.34 Å². The Bertz CT molecular complexity index is 176. The second-order valence-electron chi connectivity index (χ2n) is 3.30. The lowest BCUT2D eigenvalue weighted by Gasteiger charge is -1.90. The Morgan fingerprint density at radius 1 is 1.50 bits per heavy atom. The number of rotatable bonds is 0. The minimum absolute atomic E-state index is 0.756. The second-order valence-corrected chi connectivity index (χ2v) is 3.30. The average Bonchev–Trinajstić information content (AvgIpc) is 2.14. The van der Waals surface area contributed by atoms with Crippen LogP contribution in [0.25, 0.3) is 0 Å². The Kier molecular flexibility index (Phi) is 6.07. The summed E-state index contributed by atoms with van der Waals surface area (Å²) in [6.07, 6.45) is 5.52. The predicted molar refractivity (Wildman–Crippen MR) is 55.3 cm³/mol. The Balaban J connectivity index is 0.000000261. The first-order valence-electron chi connectivity index (χ1n) is 4.23. The van der Waals surface area contributed by atoms with Gasteiger partial charge in [-0.2, -0.15) is 0 Å². The first-order chi connectivity index (χ1) is 5.63. The van der Waals surface area contributed by atoms with Crippen LogP contribution in [0.3, 0.4) is 0 Å². The lowest BCUT2D eigenvalue weighted by molar-refractivity contribution is 0.737. The summed E-state index contributed by atoms with van der Waals surface area (Å²) in [7, 11) is 0. The maximum Gasteiger partial charge on any atom is 0.0871 e. The highest BCUT2D eigenvalue weighted by atomic mass is 14.9. The smallest absolute Gasteiger partial charge is 0.0871 e. The second kappa shape index (κ2) is 6.65. The highest BCUT2D eigenvalue weighted by Gasteiger charge is 1.83. The lowest BCUT2D eigenvalue weighted by atomic mass is 10.3. The molecule has 0 bridgehead atoms. The molecule has 0 spiro atoms. The molecule has 1 aliphatic rings. The minimum atomic E-state index is 0.756. The van der Waals surface area contributed by atoms with Gasteiger partial charge in [-0.1, -0.05) is 33.4 Å². The molecule has 0 atom stereocenters. The molecule has 0 fully saturated rings. The van der Waals surface area contributed by atoms with Gasteiger partial charge in [0, 0.05) is 5.70 Å². The van der Waals surface area contributed by atoms with Crippen LogP contribution < -0.4 is 5.32 Å². The van der Waals surface area contributed by atoms with Gasteiger partial charge in [0.25, 0.3) is 0 Å². The summed E-state index contributed by atoms with van der Waals surface area (Å²) in [4.78, 5) is 3.94. The number of nitrogens with zero attached hydrogens (tertiary/aromatic N) is 1. The summed E-state index contributed by atoms with van der Waals surface area (Å²) in [5, 5.41) is 2.87. The molecule has 1 heterocycles. The van der Waals surface area contributed by atoms with Crippen molar-refractivity contribution in [1.29, 1.82) is 0 Å². The molecule has 0 aliphatic carbocycles. The number of aliphatic imine (C=N–C) groups is 1. The summed E-state index contributed by atoms with van der Waals surface area (Å²) >= 11 is 0. The third kappa shape index (κ3) is 8.95. The zero-order chi connectivity index (χ0) is 9.40. The van der Waals surface area contributed by atoms with E-state index in [1.165, 1.54) is 0 Å². The molecule has 12 heavy (non-hydrogen) atoms. The van der Waals surface area contributed by atoms with Crippen LogP contribution in [0.4, 0.5) is 0 Å². The molecule has 0 saturated carbocycles. The van der Waals surface area contributed by atoms with Gasteiger partial charge in [0.1, 0.15) is 0 Å². The van der Waals surface area contributed by atoms with Crippen LogP contribution in [0, 0.1) is 5.92 Å². The van der Waals surface area contributed by atoms with Crippen LogP contribution in [0.15, 0.2) is 29.4 Å². The summed E-state index contributed by atoms with van der Waals surface area (Å²) in [6, 6.07) is 0. The van der Waals surface area contributed by atoms with Gasteiger partial charge >= 0.3 is 0 Å². The zero-order valence-corrected chi connectivity index (χ0v) is 8.17. The molecule has 1 N–H and O–H groups in total. The van der Waals surface area contributed by atoms with Gasteiger partial charge < -0.3 is 5.32 Å². The van der Waals surface area contributed by atoms with Crippen LogP contribution >= 0.6 is 0 Å². The molecule has 2 nitrogen and oxygen atoms in total. The standard InChI is InChI=1S/C6H8N2.C4H10/c1-6-3-2-4-7-5-8-6;1-4(2)3/h2-3,5H,1,4H2,(H,7,8);4H,1-3H3. The fraction of sp³-hybridized carbons (Fsp3) is 0.500. The third-order valence-corrected chi connectivity index (χ3v) is 0.871. The molecular weight excluding hydrogens is 148 g/mol. The lowest BCUT2D eigenvalue weighted by Crippen LogP contribution is -2.05. The fourth-order valence-electron chi connectivity index (χ4n) is 0.485. The van der Waals surface area contributed by atoms with Gasteiger partial charge in [0.15, 0.2) is 0 Å². The molecule has 2 heteroatoms. The van der Waals surface area contributed by atoms with Crippen molar-refractivity contribution < 1.29 is 0 Å². The Morgan fingerprint density at radius 2 is 2.08 bits per heavy atom. The summed E-state index contributed by atoms with van der Waals surface area (Å²) in [5.41, 5.74) is 0.895. The van der Waals surface area contributed by atoms with E-state index in [4.69, 9.17) is 0 Å². The van der Waals surface area contributed by atoms with E-state index in [0.717, 1.165) is 18.2 Å². The summed E-state index contributed by atoms with van der Waals surface area (Å²) in [5.74, 6) is 0.833. The van der Waals surface area contributed by atoms with Gasteiger partial charge in [0.05, 0.1) is 12.9 Å². The van der Waals surface area contributed by atoms with Crippen molar-refractivity contribution in [2.45, 2.75) is 20.8 Å². The molecular formula is C10H18N2. The monoisotopic (exact) mass is 166 g/mol. The molecule has 0 aromatic rings. The highest BCUT2D eigenvalue weighted by Crippen LogP contribution is 1.88. The molecule has 68 valence electrons. The Morgan fingerprint density at radius 3 is 2.67 bits per heavy atom. The van der Waals surface area contributed by atoms with Crippen LogP contribution in [0.2, 0.25) is 0 Å². The molecule has 0 unspecified atom stereocenters. The predicted octanol–water partition coefficient (Wildman–Crippen LogP) is 2.35. The van der Waals surface area contributed by atoms with E-state index < -0.39 is 0 Å². The highest BCUT2D eigenvalue weighted by molar-refractivity contribution is 5.59. The Hall–Kier alpha value is -1.05. The number of hydrogen-bond donors (Lipinski definition) is 1. The number of nitrogens with one attached hydrogen (secondary N) is 1. The van der Waals surface area contributed by atoms with E-state index in [9.17, 15) is 0 Å². The van der Waals surface area contributed by atoms with Crippen molar-refractivity contribution in [2.75, 3.05) is 6.54 Å². The number of allylic oxidation sites excluding steroid dienone is 1. The molecule has 0 amide bonds. The van der Waals surface area contributed by atoms with Gasteiger partial charge in [-0.05, 0) is 12.0 Å². The zero-order valence-electron chi connectivity index (χ0n) is 8.17. The van der Waals surface area contributed by atoms with E-state index in [-0.39, 0.29) is 0 Å². The van der Waals surface area contributed by atoms with Crippen molar-refractivity contribution in [3.8, 4) is 0 Å². The quantitative estimate of drug-likeness (QED) is 0.587. The molecule has 0 saturated heterocycles. The fourth-order valence-corrected chi connectivity index (χ4v) is 0.485. The SMILES string of the molecule is C=C1C=CCN=CN1.CC(C)C. The summed E-state index contributed by atoms with van der Waals surface area (Å²) in [6.45, 7) is 10.9.